The summed E-state index contributed by atoms with van der Waals surface area (Å²) < 4.78 is 4.81. The molecule has 0 atom stereocenters. The molecule has 2 aliphatic rings. The van der Waals surface area contributed by atoms with Gasteiger partial charge < -0.3 is 9.47 Å². The first-order chi connectivity index (χ1) is 37.7. The Balaban J connectivity index is 0.979. The molecule has 1 spiro atoms. The molecule has 14 aromatic rings. The Kier molecular flexibility index (Phi) is 9.39. The molecule has 3 heterocycles. The predicted molar refractivity (Wildman–Crippen MR) is 317 cm³/mol. The molecule has 0 unspecified atom stereocenters. The lowest BCUT2D eigenvalue weighted by Gasteiger charge is -2.32. The molecule has 0 saturated carbocycles. The van der Waals surface area contributed by atoms with Gasteiger partial charge in [-0.25, -0.2) is 9.97 Å². The zero-order valence-electron chi connectivity index (χ0n) is 41.1. The van der Waals surface area contributed by atoms with Gasteiger partial charge in [-0.05, 0) is 140 Å². The molecule has 4 nitrogen and oxygen atoms in total. The van der Waals surface area contributed by atoms with Gasteiger partial charge in [-0.2, -0.15) is 0 Å². The van der Waals surface area contributed by atoms with Gasteiger partial charge in [-0.15, -0.1) is 11.3 Å². The van der Waals surface area contributed by atoms with E-state index in [4.69, 9.17) is 9.97 Å². The Hall–Kier alpha value is -9.68. The normalized spacial score (nSPS) is 12.8. The highest BCUT2D eigenvalue weighted by molar-refractivity contribution is 7.26. The van der Waals surface area contributed by atoms with Crippen molar-refractivity contribution in [3.8, 4) is 61.6 Å². The van der Waals surface area contributed by atoms with E-state index in [1.54, 1.807) is 0 Å². The smallest absolute Gasteiger partial charge is 0.160 e. The van der Waals surface area contributed by atoms with Gasteiger partial charge in [0.05, 0.1) is 16.4 Å². The van der Waals surface area contributed by atoms with Gasteiger partial charge >= 0.3 is 0 Å². The van der Waals surface area contributed by atoms with E-state index in [0.29, 0.717) is 5.82 Å². The zero-order valence-corrected chi connectivity index (χ0v) is 41.9. The van der Waals surface area contributed by atoms with Crippen molar-refractivity contribution in [1.29, 1.82) is 0 Å². The minimum atomic E-state index is -0.486. The lowest BCUT2D eigenvalue weighted by molar-refractivity contribution is 0.793. The molecule has 0 bridgehead atoms. The van der Waals surface area contributed by atoms with Crippen LogP contribution in [-0.4, -0.2) is 14.5 Å². The summed E-state index contributed by atoms with van der Waals surface area (Å²) in [6, 6.07) is 94.0. The van der Waals surface area contributed by atoms with Crippen molar-refractivity contribution in [2.75, 3.05) is 4.90 Å². The van der Waals surface area contributed by atoms with Crippen LogP contribution in [0.15, 0.2) is 267 Å². The maximum atomic E-state index is 4.92. The van der Waals surface area contributed by atoms with Crippen molar-refractivity contribution in [1.82, 2.24) is 14.5 Å². The standard InChI is InChI=1S/C71H44N4S/c1-4-17-45(18-5-1)47-29-32-50(33-30-47)74(52-34-37-56-55-25-12-15-28-62(55)71(63(56)43-52)60-26-13-10-23-53(60)54-24-11-14-27-61(54)71)51-35-38-66-58(42-51)68-67-57-36-31-48(46-19-6-2-7-20-46)41-64(57)75(49-21-8-3-9-22-49)65(67)44-59(69(68)76-66)70-72-39-16-40-73-70/h1-44H. The van der Waals surface area contributed by atoms with Crippen LogP contribution in [0, 0.1) is 0 Å². The van der Waals surface area contributed by atoms with Crippen molar-refractivity contribution in [2.24, 2.45) is 0 Å². The second kappa shape index (κ2) is 16.7. The molecule has 0 amide bonds. The number of hydrogen-bond acceptors (Lipinski definition) is 4. The van der Waals surface area contributed by atoms with E-state index < -0.39 is 5.41 Å². The van der Waals surface area contributed by atoms with E-state index in [-0.39, 0.29) is 0 Å². The summed E-state index contributed by atoms with van der Waals surface area (Å²) in [5, 5.41) is 4.80. The summed E-state index contributed by atoms with van der Waals surface area (Å²) in [6.07, 6.45) is 3.71. The number of benzene rings is 11. The monoisotopic (exact) mass is 984 g/mol. The van der Waals surface area contributed by atoms with Gasteiger partial charge in [-0.3, -0.25) is 0 Å². The van der Waals surface area contributed by atoms with Crippen molar-refractivity contribution < 1.29 is 0 Å². The van der Waals surface area contributed by atoms with Crippen LogP contribution in [0.3, 0.4) is 0 Å². The third-order valence-corrected chi connectivity index (χ3v) is 17.3. The Labute approximate surface area is 443 Å². The average Bonchev–Trinajstić information content (AvgIpc) is 4.39. The van der Waals surface area contributed by atoms with E-state index in [2.05, 4.69) is 258 Å². The number of para-hydroxylation sites is 1. The fourth-order valence-electron chi connectivity index (χ4n) is 12.9. The third kappa shape index (κ3) is 6.18. The topological polar surface area (TPSA) is 34.0 Å². The molecule has 2 aliphatic carbocycles. The molecule has 0 aliphatic heterocycles. The maximum absolute atomic E-state index is 4.92. The highest BCUT2D eigenvalue weighted by Gasteiger charge is 2.51. The SMILES string of the molecule is c1ccc(-c2ccc(N(c3ccc4c(c3)C3(c5ccccc5-c5ccccc53)c3ccccc3-4)c3ccc4sc5c(-c6ncccn6)cc6c(c7ccc(-c8ccccc8)cc7n6-c6ccccc6)c5c4c3)cc2)cc1. The van der Waals surface area contributed by atoms with Gasteiger partial charge in [0.2, 0.25) is 0 Å². The zero-order chi connectivity index (χ0) is 49.9. The second-order valence-electron chi connectivity index (χ2n) is 20.0. The highest BCUT2D eigenvalue weighted by Crippen LogP contribution is 2.63. The predicted octanol–water partition coefficient (Wildman–Crippen LogP) is 18.8. The number of fused-ring (bicyclic) bond motifs is 17. The Morgan fingerprint density at radius 3 is 1.54 bits per heavy atom. The average molecular weight is 985 g/mol. The van der Waals surface area contributed by atoms with Crippen molar-refractivity contribution in [3.63, 3.8) is 0 Å². The molecule has 0 fully saturated rings. The molecule has 0 radical (unpaired) electrons. The summed E-state index contributed by atoms with van der Waals surface area (Å²) >= 11 is 1.82. The highest BCUT2D eigenvalue weighted by atomic mass is 32.1. The fourth-order valence-corrected chi connectivity index (χ4v) is 14.1. The largest absolute Gasteiger partial charge is 0.310 e. The molecular formula is C71H44N4S. The molecule has 16 rings (SSSR count). The molecule has 354 valence electrons. The van der Waals surface area contributed by atoms with Crippen LogP contribution >= 0.6 is 11.3 Å². The summed E-state index contributed by atoms with van der Waals surface area (Å²) in [6.45, 7) is 0. The molecule has 0 N–H and O–H groups in total. The van der Waals surface area contributed by atoms with Gasteiger partial charge in [0.1, 0.15) is 0 Å². The van der Waals surface area contributed by atoms with Crippen LogP contribution in [0.1, 0.15) is 22.3 Å². The molecule has 0 saturated heterocycles. The summed E-state index contributed by atoms with van der Waals surface area (Å²) in [7, 11) is 0. The summed E-state index contributed by atoms with van der Waals surface area (Å²) in [5.41, 5.74) is 22.3. The van der Waals surface area contributed by atoms with Crippen molar-refractivity contribution in [2.45, 2.75) is 5.41 Å². The van der Waals surface area contributed by atoms with E-state index in [0.717, 1.165) is 39.3 Å². The third-order valence-electron chi connectivity index (χ3n) is 16.1. The van der Waals surface area contributed by atoms with Crippen molar-refractivity contribution >= 4 is 70.4 Å². The Bertz CT molecular complexity index is 4560. The van der Waals surface area contributed by atoms with Crippen LogP contribution < -0.4 is 4.90 Å². The van der Waals surface area contributed by atoms with Crippen LogP contribution in [0.2, 0.25) is 0 Å². The first kappa shape index (κ1) is 42.8. The summed E-state index contributed by atoms with van der Waals surface area (Å²) in [5.74, 6) is 0.708. The fraction of sp³-hybridized carbons (Fsp3) is 0.0141. The number of anilines is 3. The maximum Gasteiger partial charge on any atom is 0.160 e. The number of nitrogens with zero attached hydrogens (tertiary/aromatic N) is 4. The minimum Gasteiger partial charge on any atom is -0.310 e. The molecule has 3 aromatic heterocycles. The van der Waals surface area contributed by atoms with E-state index in [1.165, 1.54) is 97.7 Å². The lowest BCUT2D eigenvalue weighted by Crippen LogP contribution is -2.26. The van der Waals surface area contributed by atoms with Crippen LogP contribution in [0.4, 0.5) is 17.1 Å². The first-order valence-corrected chi connectivity index (χ1v) is 26.8. The summed E-state index contributed by atoms with van der Waals surface area (Å²) in [4.78, 5) is 12.3. The van der Waals surface area contributed by atoms with E-state index in [9.17, 15) is 0 Å². The van der Waals surface area contributed by atoms with E-state index in [1.807, 2.05) is 29.8 Å². The minimum absolute atomic E-state index is 0.486. The lowest BCUT2D eigenvalue weighted by atomic mass is 9.70. The van der Waals surface area contributed by atoms with Crippen molar-refractivity contribution in [3.05, 3.63) is 289 Å². The van der Waals surface area contributed by atoms with E-state index >= 15 is 0 Å². The van der Waals surface area contributed by atoms with Crippen LogP contribution in [0.5, 0.6) is 0 Å². The molecular weight excluding hydrogens is 941 g/mol. The van der Waals surface area contributed by atoms with Gasteiger partial charge in [0.25, 0.3) is 0 Å². The van der Waals surface area contributed by atoms with Crippen LogP contribution in [-0.2, 0) is 5.41 Å². The van der Waals surface area contributed by atoms with Gasteiger partial charge in [-0.1, -0.05) is 182 Å². The Morgan fingerprint density at radius 1 is 0.355 bits per heavy atom. The Morgan fingerprint density at radius 2 is 0.882 bits per heavy atom. The second-order valence-corrected chi connectivity index (χ2v) is 21.1. The van der Waals surface area contributed by atoms with Crippen LogP contribution in [0.25, 0.3) is 104 Å². The quantitative estimate of drug-likeness (QED) is 0.160. The number of rotatable bonds is 7. The first-order valence-electron chi connectivity index (χ1n) is 26.0. The molecule has 76 heavy (non-hydrogen) atoms. The van der Waals surface area contributed by atoms with Gasteiger partial charge in [0.15, 0.2) is 5.82 Å². The number of thiophene rings is 1. The number of hydrogen-bond donors (Lipinski definition) is 0. The molecule has 11 aromatic carbocycles. The molecule has 5 heteroatoms. The number of aromatic nitrogens is 3. The van der Waals surface area contributed by atoms with Gasteiger partial charge in [0, 0.05) is 71.7 Å².